The van der Waals surface area contributed by atoms with Gasteiger partial charge in [0.05, 0.1) is 11.0 Å². The van der Waals surface area contributed by atoms with Gasteiger partial charge in [-0.2, -0.15) is 0 Å². The lowest BCUT2D eigenvalue weighted by atomic mass is 10.0. The van der Waals surface area contributed by atoms with Gasteiger partial charge in [0.15, 0.2) is 0 Å². The standard InChI is InChI=1S/C14H16BrN3O/c1-14(2,9-15)18(3)13(19)10-4-5-11-12(8-10)17-7-6-16-11/h4-8H,9H2,1-3H3. The number of halogens is 1. The molecule has 0 aliphatic carbocycles. The minimum atomic E-state index is -0.242. The largest absolute Gasteiger partial charge is 0.336 e. The van der Waals surface area contributed by atoms with Crippen LogP contribution < -0.4 is 0 Å². The zero-order valence-corrected chi connectivity index (χ0v) is 12.8. The van der Waals surface area contributed by atoms with E-state index < -0.39 is 0 Å². The van der Waals surface area contributed by atoms with Crippen LogP contribution in [-0.2, 0) is 0 Å². The van der Waals surface area contributed by atoms with Crippen molar-refractivity contribution in [1.29, 1.82) is 0 Å². The van der Waals surface area contributed by atoms with Gasteiger partial charge in [-0.25, -0.2) is 0 Å². The number of nitrogens with zero attached hydrogens (tertiary/aromatic N) is 3. The van der Waals surface area contributed by atoms with Crippen LogP contribution in [0.25, 0.3) is 11.0 Å². The zero-order chi connectivity index (χ0) is 14.0. The van der Waals surface area contributed by atoms with Gasteiger partial charge in [-0.05, 0) is 32.0 Å². The van der Waals surface area contributed by atoms with E-state index in [9.17, 15) is 4.79 Å². The number of fused-ring (bicyclic) bond motifs is 1. The molecule has 1 amide bonds. The Morgan fingerprint density at radius 1 is 1.26 bits per heavy atom. The molecule has 0 radical (unpaired) electrons. The molecule has 0 aliphatic rings. The van der Waals surface area contributed by atoms with Crippen molar-refractivity contribution in [3.8, 4) is 0 Å². The summed E-state index contributed by atoms with van der Waals surface area (Å²) in [6, 6.07) is 5.40. The average Bonchev–Trinajstić information content (AvgIpc) is 2.45. The van der Waals surface area contributed by atoms with E-state index in [1.54, 1.807) is 29.4 Å². The number of carbonyl (C=O) groups excluding carboxylic acids is 1. The number of hydrogen-bond acceptors (Lipinski definition) is 3. The highest BCUT2D eigenvalue weighted by molar-refractivity contribution is 9.09. The van der Waals surface area contributed by atoms with E-state index in [0.29, 0.717) is 5.56 Å². The van der Waals surface area contributed by atoms with Gasteiger partial charge in [0.2, 0.25) is 0 Å². The van der Waals surface area contributed by atoms with Crippen LogP contribution in [0.5, 0.6) is 0 Å². The van der Waals surface area contributed by atoms with Gasteiger partial charge >= 0.3 is 0 Å². The predicted molar refractivity (Wildman–Crippen MR) is 79.5 cm³/mol. The molecule has 1 aromatic carbocycles. The van der Waals surface area contributed by atoms with Crippen LogP contribution in [0.2, 0.25) is 0 Å². The molecule has 0 saturated carbocycles. The minimum absolute atomic E-state index is 0.0167. The van der Waals surface area contributed by atoms with Gasteiger partial charge in [-0.15, -0.1) is 0 Å². The first-order valence-corrected chi connectivity index (χ1v) is 7.13. The monoisotopic (exact) mass is 321 g/mol. The van der Waals surface area contributed by atoms with Crippen LogP contribution in [0.1, 0.15) is 24.2 Å². The van der Waals surface area contributed by atoms with Crippen LogP contribution >= 0.6 is 15.9 Å². The van der Waals surface area contributed by atoms with E-state index in [2.05, 4.69) is 25.9 Å². The fourth-order valence-electron chi connectivity index (χ4n) is 1.65. The molecule has 0 unspecified atom stereocenters. The normalized spacial score (nSPS) is 11.6. The highest BCUT2D eigenvalue weighted by Crippen LogP contribution is 2.19. The van der Waals surface area contributed by atoms with E-state index in [4.69, 9.17) is 0 Å². The summed E-state index contributed by atoms with van der Waals surface area (Å²) in [5.74, 6) is -0.0167. The zero-order valence-electron chi connectivity index (χ0n) is 11.2. The van der Waals surface area contributed by atoms with E-state index in [1.807, 2.05) is 27.0 Å². The van der Waals surface area contributed by atoms with Crippen molar-refractivity contribution in [3.05, 3.63) is 36.2 Å². The Bertz CT molecular complexity index is 612. The molecule has 0 spiro atoms. The average molecular weight is 322 g/mol. The topological polar surface area (TPSA) is 46.1 Å². The lowest BCUT2D eigenvalue weighted by molar-refractivity contribution is 0.0664. The van der Waals surface area contributed by atoms with Gasteiger partial charge in [-0.1, -0.05) is 15.9 Å². The molecule has 100 valence electrons. The predicted octanol–water partition coefficient (Wildman–Crippen LogP) is 2.88. The smallest absolute Gasteiger partial charge is 0.254 e. The summed E-state index contributed by atoms with van der Waals surface area (Å²) < 4.78 is 0. The molecule has 0 N–H and O–H groups in total. The van der Waals surface area contributed by atoms with Gasteiger partial charge < -0.3 is 4.90 Å². The number of rotatable bonds is 3. The first-order chi connectivity index (χ1) is 8.95. The number of carbonyl (C=O) groups is 1. The molecule has 5 heteroatoms. The van der Waals surface area contributed by atoms with Crippen LogP contribution in [0.4, 0.5) is 0 Å². The van der Waals surface area contributed by atoms with E-state index in [1.165, 1.54) is 0 Å². The Balaban J connectivity index is 2.36. The Morgan fingerprint density at radius 2 is 1.89 bits per heavy atom. The fourth-order valence-corrected chi connectivity index (χ4v) is 2.03. The van der Waals surface area contributed by atoms with Crippen molar-refractivity contribution in [1.82, 2.24) is 14.9 Å². The van der Waals surface area contributed by atoms with E-state index in [0.717, 1.165) is 16.4 Å². The van der Waals surface area contributed by atoms with Crippen LogP contribution in [0, 0.1) is 0 Å². The second-order valence-corrected chi connectivity index (χ2v) is 5.63. The van der Waals surface area contributed by atoms with Crippen molar-refractivity contribution in [2.45, 2.75) is 19.4 Å². The molecule has 19 heavy (non-hydrogen) atoms. The maximum atomic E-state index is 12.5. The summed E-state index contributed by atoms with van der Waals surface area (Å²) >= 11 is 3.44. The number of hydrogen-bond donors (Lipinski definition) is 0. The van der Waals surface area contributed by atoms with Crippen molar-refractivity contribution in [2.24, 2.45) is 0 Å². The molecule has 4 nitrogen and oxygen atoms in total. The highest BCUT2D eigenvalue weighted by Gasteiger charge is 2.27. The van der Waals surface area contributed by atoms with E-state index >= 15 is 0 Å². The Hall–Kier alpha value is -1.49. The molecule has 2 rings (SSSR count). The third-order valence-corrected chi connectivity index (χ3v) is 4.63. The molecular weight excluding hydrogens is 306 g/mol. The Labute approximate surface area is 121 Å². The van der Waals surface area contributed by atoms with Crippen molar-refractivity contribution in [3.63, 3.8) is 0 Å². The second-order valence-electron chi connectivity index (χ2n) is 5.07. The van der Waals surface area contributed by atoms with Crippen molar-refractivity contribution >= 4 is 32.9 Å². The molecule has 1 aromatic heterocycles. The Kier molecular flexibility index (Phi) is 3.85. The number of benzene rings is 1. The van der Waals surface area contributed by atoms with Crippen LogP contribution in [0.3, 0.4) is 0 Å². The van der Waals surface area contributed by atoms with Gasteiger partial charge in [0.1, 0.15) is 0 Å². The summed E-state index contributed by atoms with van der Waals surface area (Å²) in [5.41, 5.74) is 1.92. The SMILES string of the molecule is CN(C(=O)c1ccc2nccnc2c1)C(C)(C)CBr. The highest BCUT2D eigenvalue weighted by atomic mass is 79.9. The first kappa shape index (κ1) is 13.9. The molecule has 2 aromatic rings. The summed E-state index contributed by atoms with van der Waals surface area (Å²) in [5, 5.41) is 0.718. The van der Waals surface area contributed by atoms with Gasteiger partial charge in [0, 0.05) is 35.9 Å². The molecule has 1 heterocycles. The van der Waals surface area contributed by atoms with Crippen molar-refractivity contribution < 1.29 is 4.79 Å². The molecule has 0 atom stereocenters. The summed E-state index contributed by atoms with van der Waals surface area (Å²) in [6.07, 6.45) is 3.27. The van der Waals surface area contributed by atoms with Gasteiger partial charge in [0.25, 0.3) is 5.91 Å². The lowest BCUT2D eigenvalue weighted by Crippen LogP contribution is -2.46. The Morgan fingerprint density at radius 3 is 2.53 bits per heavy atom. The third kappa shape index (κ3) is 2.76. The number of amides is 1. The molecular formula is C14H16BrN3O. The molecule has 0 bridgehead atoms. The number of alkyl halides is 1. The van der Waals surface area contributed by atoms with Crippen molar-refractivity contribution in [2.75, 3.05) is 12.4 Å². The summed E-state index contributed by atoms with van der Waals surface area (Å²) in [4.78, 5) is 22.6. The minimum Gasteiger partial charge on any atom is -0.336 e. The maximum absolute atomic E-state index is 12.5. The molecule has 0 fully saturated rings. The fraction of sp³-hybridized carbons (Fsp3) is 0.357. The number of aromatic nitrogens is 2. The summed E-state index contributed by atoms with van der Waals surface area (Å²) in [7, 11) is 1.81. The van der Waals surface area contributed by atoms with E-state index in [-0.39, 0.29) is 11.4 Å². The van der Waals surface area contributed by atoms with Gasteiger partial charge in [-0.3, -0.25) is 14.8 Å². The summed E-state index contributed by atoms with van der Waals surface area (Å²) in [6.45, 7) is 4.03. The van der Waals surface area contributed by atoms with Crippen LogP contribution in [-0.4, -0.2) is 38.7 Å². The maximum Gasteiger partial charge on any atom is 0.254 e. The van der Waals surface area contributed by atoms with Crippen LogP contribution in [0.15, 0.2) is 30.6 Å². The first-order valence-electron chi connectivity index (χ1n) is 6.00. The third-order valence-electron chi connectivity index (χ3n) is 3.26. The quantitative estimate of drug-likeness (QED) is 0.816. The molecule has 0 saturated heterocycles. The lowest BCUT2D eigenvalue weighted by Gasteiger charge is -2.34. The molecule has 0 aliphatic heterocycles. The second kappa shape index (κ2) is 5.25.